The number of carbonyl (C=O) groups is 1. The van der Waals surface area contributed by atoms with Gasteiger partial charge in [-0.05, 0) is 36.8 Å². The summed E-state index contributed by atoms with van der Waals surface area (Å²) >= 11 is 0. The summed E-state index contributed by atoms with van der Waals surface area (Å²) in [5, 5.41) is 12.7. The van der Waals surface area contributed by atoms with Gasteiger partial charge >= 0.3 is 0 Å². The molecule has 3 heteroatoms. The Kier molecular flexibility index (Phi) is 3.09. The van der Waals surface area contributed by atoms with E-state index in [0.717, 1.165) is 5.56 Å². The summed E-state index contributed by atoms with van der Waals surface area (Å²) in [7, 11) is 0. The predicted molar refractivity (Wildman–Crippen MR) is 67.1 cm³/mol. The van der Waals surface area contributed by atoms with Crippen LogP contribution in [-0.2, 0) is 0 Å². The first-order valence-electron chi connectivity index (χ1n) is 6.09. The van der Waals surface area contributed by atoms with Crippen LogP contribution >= 0.6 is 0 Å². The van der Waals surface area contributed by atoms with E-state index in [9.17, 15) is 9.90 Å². The van der Waals surface area contributed by atoms with Crippen molar-refractivity contribution in [1.29, 1.82) is 0 Å². The Morgan fingerprint density at radius 1 is 1.47 bits per heavy atom. The molecule has 1 aliphatic rings. The molecule has 0 atom stereocenters. The molecule has 3 nitrogen and oxygen atoms in total. The molecule has 1 fully saturated rings. The first-order chi connectivity index (χ1) is 8.02. The fourth-order valence-corrected chi connectivity index (χ4v) is 2.19. The molecule has 0 aromatic heterocycles. The number of hydrogen-bond donors (Lipinski definition) is 2. The van der Waals surface area contributed by atoms with Gasteiger partial charge in [-0.3, -0.25) is 4.79 Å². The van der Waals surface area contributed by atoms with E-state index in [1.807, 2.05) is 0 Å². The van der Waals surface area contributed by atoms with Gasteiger partial charge in [0, 0.05) is 6.54 Å². The molecule has 1 aliphatic carbocycles. The minimum absolute atomic E-state index is 0.0868. The van der Waals surface area contributed by atoms with Gasteiger partial charge in [-0.25, -0.2) is 0 Å². The molecule has 1 saturated carbocycles. The summed E-state index contributed by atoms with van der Waals surface area (Å²) in [6.45, 7) is 4.67. The van der Waals surface area contributed by atoms with Crippen LogP contribution in [0, 0.1) is 12.3 Å². The molecule has 0 saturated heterocycles. The quantitative estimate of drug-likeness (QED) is 0.843. The molecule has 2 rings (SSSR count). The molecule has 0 unspecified atom stereocenters. The largest absolute Gasteiger partial charge is 0.507 e. The second-order valence-electron chi connectivity index (χ2n) is 5.32. The molecule has 1 aromatic rings. The average Bonchev–Trinajstić information content (AvgIpc) is 2.27. The lowest BCUT2D eigenvalue weighted by molar-refractivity contribution is 0.0888. The van der Waals surface area contributed by atoms with Crippen LogP contribution in [0.25, 0.3) is 0 Å². The van der Waals surface area contributed by atoms with Crippen molar-refractivity contribution in [2.24, 2.45) is 5.41 Å². The van der Waals surface area contributed by atoms with Crippen molar-refractivity contribution in [3.8, 4) is 5.75 Å². The van der Waals surface area contributed by atoms with E-state index in [1.54, 1.807) is 25.1 Å². The zero-order valence-electron chi connectivity index (χ0n) is 10.4. The smallest absolute Gasteiger partial charge is 0.255 e. The molecule has 0 spiro atoms. The van der Waals surface area contributed by atoms with Gasteiger partial charge in [-0.2, -0.15) is 0 Å². The molecule has 0 radical (unpaired) electrons. The van der Waals surface area contributed by atoms with Crippen molar-refractivity contribution in [2.45, 2.75) is 33.1 Å². The van der Waals surface area contributed by atoms with Crippen LogP contribution < -0.4 is 5.32 Å². The Balaban J connectivity index is 2.02. The van der Waals surface area contributed by atoms with Crippen LogP contribution in [-0.4, -0.2) is 17.6 Å². The summed E-state index contributed by atoms with van der Waals surface area (Å²) in [5.41, 5.74) is 1.36. The standard InChI is InChI=1S/C14H19NO2/c1-10-5-3-6-11(12(10)16)13(17)15-9-14(2)7-4-8-14/h3,5-6,16H,4,7-9H2,1-2H3,(H,15,17). The molecular weight excluding hydrogens is 214 g/mol. The average molecular weight is 233 g/mol. The SMILES string of the molecule is Cc1cccc(C(=O)NCC2(C)CCC2)c1O. The number of phenols is 1. The number of phenolic OH excluding ortho intramolecular Hbond substituents is 1. The Morgan fingerprint density at radius 3 is 2.76 bits per heavy atom. The highest BCUT2D eigenvalue weighted by atomic mass is 16.3. The summed E-state index contributed by atoms with van der Waals surface area (Å²) in [4.78, 5) is 11.9. The van der Waals surface area contributed by atoms with Crippen LogP contribution in [0.1, 0.15) is 42.1 Å². The molecule has 0 bridgehead atoms. The molecule has 0 heterocycles. The Hall–Kier alpha value is -1.51. The molecular formula is C14H19NO2. The highest BCUT2D eigenvalue weighted by Crippen LogP contribution is 2.39. The fourth-order valence-electron chi connectivity index (χ4n) is 2.19. The monoisotopic (exact) mass is 233 g/mol. The highest BCUT2D eigenvalue weighted by Gasteiger charge is 2.32. The lowest BCUT2D eigenvalue weighted by atomic mass is 9.70. The molecule has 92 valence electrons. The maximum atomic E-state index is 11.9. The second kappa shape index (κ2) is 4.40. The summed E-state index contributed by atoms with van der Waals surface area (Å²) in [5.74, 6) is -0.0944. The van der Waals surface area contributed by atoms with Crippen LogP contribution in [0.2, 0.25) is 0 Å². The number of aromatic hydroxyl groups is 1. The number of rotatable bonds is 3. The first-order valence-corrected chi connectivity index (χ1v) is 6.09. The fraction of sp³-hybridized carbons (Fsp3) is 0.500. The minimum Gasteiger partial charge on any atom is -0.507 e. The van der Waals surface area contributed by atoms with Gasteiger partial charge in [0.1, 0.15) is 5.75 Å². The second-order valence-corrected chi connectivity index (χ2v) is 5.32. The zero-order chi connectivity index (χ0) is 12.5. The topological polar surface area (TPSA) is 49.3 Å². The van der Waals surface area contributed by atoms with E-state index in [4.69, 9.17) is 0 Å². The van der Waals surface area contributed by atoms with Crippen molar-refractivity contribution >= 4 is 5.91 Å². The molecule has 1 aromatic carbocycles. The van der Waals surface area contributed by atoms with Gasteiger partial charge in [-0.1, -0.05) is 25.5 Å². The maximum Gasteiger partial charge on any atom is 0.255 e. The van der Waals surface area contributed by atoms with E-state index in [-0.39, 0.29) is 17.1 Å². The van der Waals surface area contributed by atoms with E-state index in [2.05, 4.69) is 12.2 Å². The minimum atomic E-state index is -0.181. The van der Waals surface area contributed by atoms with Crippen molar-refractivity contribution in [1.82, 2.24) is 5.32 Å². The third kappa shape index (κ3) is 2.43. The number of para-hydroxylation sites is 1. The summed E-state index contributed by atoms with van der Waals surface area (Å²) in [6, 6.07) is 5.23. The van der Waals surface area contributed by atoms with Crippen molar-refractivity contribution in [3.63, 3.8) is 0 Å². The van der Waals surface area contributed by atoms with Crippen LogP contribution in [0.4, 0.5) is 0 Å². The van der Waals surface area contributed by atoms with E-state index < -0.39 is 0 Å². The highest BCUT2D eigenvalue weighted by molar-refractivity contribution is 5.97. The van der Waals surface area contributed by atoms with Gasteiger partial charge in [0.05, 0.1) is 5.56 Å². The van der Waals surface area contributed by atoms with Crippen molar-refractivity contribution < 1.29 is 9.90 Å². The Labute approximate surface area is 102 Å². The third-order valence-electron chi connectivity index (χ3n) is 3.72. The number of aryl methyl sites for hydroxylation is 1. The van der Waals surface area contributed by atoms with Crippen LogP contribution in [0.15, 0.2) is 18.2 Å². The lowest BCUT2D eigenvalue weighted by Crippen LogP contribution is -2.39. The normalized spacial score (nSPS) is 17.3. The van der Waals surface area contributed by atoms with Crippen molar-refractivity contribution in [2.75, 3.05) is 6.54 Å². The zero-order valence-corrected chi connectivity index (χ0v) is 10.4. The molecule has 17 heavy (non-hydrogen) atoms. The number of carbonyl (C=O) groups excluding carboxylic acids is 1. The number of hydrogen-bond acceptors (Lipinski definition) is 2. The summed E-state index contributed by atoms with van der Waals surface area (Å²) < 4.78 is 0. The summed E-state index contributed by atoms with van der Waals surface area (Å²) in [6.07, 6.45) is 3.60. The maximum absolute atomic E-state index is 11.9. The van der Waals surface area contributed by atoms with Crippen LogP contribution in [0.5, 0.6) is 5.75 Å². The van der Waals surface area contributed by atoms with Crippen molar-refractivity contribution in [3.05, 3.63) is 29.3 Å². The van der Waals surface area contributed by atoms with Gasteiger partial charge in [0.2, 0.25) is 0 Å². The van der Waals surface area contributed by atoms with E-state index >= 15 is 0 Å². The van der Waals surface area contributed by atoms with Gasteiger partial charge in [0.25, 0.3) is 5.91 Å². The van der Waals surface area contributed by atoms with E-state index in [1.165, 1.54) is 19.3 Å². The molecule has 1 amide bonds. The number of nitrogens with one attached hydrogen (secondary N) is 1. The van der Waals surface area contributed by atoms with Crippen LogP contribution in [0.3, 0.4) is 0 Å². The Bertz CT molecular complexity index is 436. The van der Waals surface area contributed by atoms with Gasteiger partial charge < -0.3 is 10.4 Å². The lowest BCUT2D eigenvalue weighted by Gasteiger charge is -2.38. The number of amides is 1. The van der Waals surface area contributed by atoms with Gasteiger partial charge in [0.15, 0.2) is 0 Å². The Morgan fingerprint density at radius 2 is 2.18 bits per heavy atom. The first kappa shape index (κ1) is 12.0. The molecule has 2 N–H and O–H groups in total. The van der Waals surface area contributed by atoms with Gasteiger partial charge in [-0.15, -0.1) is 0 Å². The molecule has 0 aliphatic heterocycles. The number of benzene rings is 1. The third-order valence-corrected chi connectivity index (χ3v) is 3.72. The van der Waals surface area contributed by atoms with E-state index in [0.29, 0.717) is 12.1 Å². The predicted octanol–water partition coefficient (Wildman–Crippen LogP) is 2.62.